The van der Waals surface area contributed by atoms with Crippen LogP contribution < -0.4 is 10.9 Å². The van der Waals surface area contributed by atoms with E-state index in [4.69, 9.17) is 0 Å². The number of nitrogens with zero attached hydrogens (tertiary/aromatic N) is 2. The average molecular weight is 411 g/mol. The number of thiophene rings is 1. The van der Waals surface area contributed by atoms with Crippen molar-refractivity contribution in [3.05, 3.63) is 57.0 Å². The number of carbonyl (C=O) groups excluding carboxylic acids is 1. The first-order valence-corrected chi connectivity index (χ1v) is 11.0. The molecular weight excluding hydrogens is 384 g/mol. The maximum Gasteiger partial charge on any atom is 0.322 e. The average Bonchev–Trinajstić information content (AvgIpc) is 3.01. The van der Waals surface area contributed by atoms with Crippen molar-refractivity contribution in [2.24, 2.45) is 0 Å². The number of carbonyl (C=O) groups is 1. The van der Waals surface area contributed by atoms with Crippen molar-refractivity contribution in [1.82, 2.24) is 14.9 Å². The molecule has 1 fully saturated rings. The third kappa shape index (κ3) is 4.19. The fraction of sp³-hybridized carbons (Fsp3) is 0.409. The molecule has 2 amide bonds. The number of aryl methyl sites for hydroxylation is 2. The van der Waals surface area contributed by atoms with E-state index in [1.165, 1.54) is 17.8 Å². The van der Waals surface area contributed by atoms with Crippen molar-refractivity contribution in [2.45, 2.75) is 58.5 Å². The van der Waals surface area contributed by atoms with Gasteiger partial charge in [-0.3, -0.25) is 4.79 Å². The number of fused-ring (bicyclic) bond motifs is 1. The Balaban J connectivity index is 1.63. The Bertz CT molecular complexity index is 1070. The van der Waals surface area contributed by atoms with Crippen LogP contribution in [0.15, 0.2) is 35.1 Å². The number of urea groups is 1. The van der Waals surface area contributed by atoms with E-state index in [2.05, 4.69) is 15.3 Å². The summed E-state index contributed by atoms with van der Waals surface area (Å²) in [4.78, 5) is 37.0. The van der Waals surface area contributed by atoms with Crippen molar-refractivity contribution < 1.29 is 4.79 Å². The van der Waals surface area contributed by atoms with E-state index in [1.54, 1.807) is 0 Å². The Hall–Kier alpha value is -2.67. The lowest BCUT2D eigenvalue weighted by Crippen LogP contribution is -2.44. The molecule has 1 aromatic carbocycles. The lowest BCUT2D eigenvalue weighted by atomic mass is 9.94. The lowest BCUT2D eigenvalue weighted by Gasteiger charge is -2.34. The van der Waals surface area contributed by atoms with Crippen LogP contribution in [-0.2, 0) is 6.54 Å². The zero-order chi connectivity index (χ0) is 20.4. The lowest BCUT2D eigenvalue weighted by molar-refractivity contribution is 0.160. The van der Waals surface area contributed by atoms with Crippen LogP contribution in [0.4, 0.5) is 10.5 Å². The van der Waals surface area contributed by atoms with Crippen LogP contribution in [0.25, 0.3) is 10.2 Å². The van der Waals surface area contributed by atoms with Gasteiger partial charge < -0.3 is 15.2 Å². The van der Waals surface area contributed by atoms with E-state index in [9.17, 15) is 9.59 Å². The van der Waals surface area contributed by atoms with Gasteiger partial charge in [0.1, 0.15) is 10.7 Å². The summed E-state index contributed by atoms with van der Waals surface area (Å²) in [6, 6.07) is 9.47. The fourth-order valence-corrected chi connectivity index (χ4v) is 5.06. The highest BCUT2D eigenvalue weighted by atomic mass is 32.1. The van der Waals surface area contributed by atoms with Crippen LogP contribution in [0.5, 0.6) is 0 Å². The van der Waals surface area contributed by atoms with E-state index in [0.717, 1.165) is 46.6 Å². The monoisotopic (exact) mass is 410 g/mol. The number of para-hydroxylation sites is 1. The number of nitrogens with one attached hydrogen (secondary N) is 2. The summed E-state index contributed by atoms with van der Waals surface area (Å²) in [6.45, 7) is 4.25. The van der Waals surface area contributed by atoms with Gasteiger partial charge in [0.05, 0.1) is 11.9 Å². The molecule has 0 bridgehead atoms. The largest absolute Gasteiger partial charge is 0.322 e. The van der Waals surface area contributed by atoms with Gasteiger partial charge in [0.25, 0.3) is 5.56 Å². The SMILES string of the molecule is Cc1sc2nc(CN(C(=O)Nc3ccccc3)C3CCCCC3)[nH]c(=O)c2c1C. The number of benzene rings is 1. The zero-order valence-electron chi connectivity index (χ0n) is 16.8. The molecule has 0 aliphatic heterocycles. The summed E-state index contributed by atoms with van der Waals surface area (Å²) in [7, 11) is 0. The molecule has 4 rings (SSSR count). The number of anilines is 1. The van der Waals surface area contributed by atoms with Gasteiger partial charge in [0.15, 0.2) is 0 Å². The number of rotatable bonds is 4. The first kappa shape index (κ1) is 19.6. The van der Waals surface area contributed by atoms with E-state index in [0.29, 0.717) is 17.8 Å². The van der Waals surface area contributed by atoms with Crippen LogP contribution in [0.1, 0.15) is 48.4 Å². The second-order valence-corrected chi connectivity index (χ2v) is 8.90. The van der Waals surface area contributed by atoms with Crippen molar-refractivity contribution in [2.75, 3.05) is 5.32 Å². The predicted octanol–water partition coefficient (Wildman–Crippen LogP) is 4.97. The Morgan fingerprint density at radius 2 is 1.93 bits per heavy atom. The van der Waals surface area contributed by atoms with Crippen LogP contribution in [0.3, 0.4) is 0 Å². The minimum Gasteiger partial charge on any atom is -0.314 e. The molecular formula is C22H26N4O2S. The smallest absolute Gasteiger partial charge is 0.314 e. The molecule has 0 atom stereocenters. The second kappa shape index (κ2) is 8.37. The van der Waals surface area contributed by atoms with Crippen molar-refractivity contribution in [3.8, 4) is 0 Å². The van der Waals surface area contributed by atoms with Crippen LogP contribution in [0.2, 0.25) is 0 Å². The Morgan fingerprint density at radius 3 is 2.66 bits per heavy atom. The first-order valence-electron chi connectivity index (χ1n) is 10.1. The standard InChI is InChI=1S/C22H26N4O2S/c1-14-15(2)29-21-19(14)20(27)24-18(25-21)13-26(17-11-7-4-8-12-17)22(28)23-16-9-5-3-6-10-16/h3,5-6,9-10,17H,4,7-8,11-13H2,1-2H3,(H,23,28)(H,24,25,27). The van der Waals surface area contributed by atoms with E-state index in [1.807, 2.05) is 49.1 Å². The predicted molar refractivity (Wildman–Crippen MR) is 118 cm³/mol. The van der Waals surface area contributed by atoms with Gasteiger partial charge in [0.2, 0.25) is 0 Å². The fourth-order valence-electron chi connectivity index (χ4n) is 4.01. The zero-order valence-corrected chi connectivity index (χ0v) is 17.6. The van der Waals surface area contributed by atoms with E-state index < -0.39 is 0 Å². The number of aromatic amines is 1. The number of amides is 2. The second-order valence-electron chi connectivity index (χ2n) is 7.69. The summed E-state index contributed by atoms with van der Waals surface area (Å²) in [6.07, 6.45) is 5.40. The molecule has 1 aliphatic rings. The summed E-state index contributed by atoms with van der Waals surface area (Å²) in [5.74, 6) is 0.539. The quantitative estimate of drug-likeness (QED) is 0.637. The normalized spacial score (nSPS) is 14.8. The molecule has 1 saturated carbocycles. The Labute approximate surface area is 174 Å². The number of aromatic nitrogens is 2. The maximum atomic E-state index is 13.1. The molecule has 3 aromatic rings. The summed E-state index contributed by atoms with van der Waals surface area (Å²) in [5, 5.41) is 3.66. The molecule has 1 aliphatic carbocycles. The van der Waals surface area contributed by atoms with Gasteiger partial charge in [-0.2, -0.15) is 0 Å². The van der Waals surface area contributed by atoms with E-state index >= 15 is 0 Å². The molecule has 152 valence electrons. The molecule has 2 N–H and O–H groups in total. The molecule has 0 spiro atoms. The van der Waals surface area contributed by atoms with Gasteiger partial charge in [-0.25, -0.2) is 9.78 Å². The Morgan fingerprint density at radius 1 is 1.21 bits per heavy atom. The highest BCUT2D eigenvalue weighted by Gasteiger charge is 2.27. The van der Waals surface area contributed by atoms with Gasteiger partial charge in [-0.15, -0.1) is 11.3 Å². The highest BCUT2D eigenvalue weighted by Crippen LogP contribution is 2.27. The van der Waals surface area contributed by atoms with Gasteiger partial charge in [-0.1, -0.05) is 37.5 Å². The highest BCUT2D eigenvalue weighted by molar-refractivity contribution is 7.18. The molecule has 6 nitrogen and oxygen atoms in total. The van der Waals surface area contributed by atoms with Gasteiger partial charge in [0, 0.05) is 16.6 Å². The topological polar surface area (TPSA) is 78.1 Å². The summed E-state index contributed by atoms with van der Waals surface area (Å²) >= 11 is 1.53. The minimum absolute atomic E-state index is 0.126. The third-order valence-electron chi connectivity index (χ3n) is 5.71. The van der Waals surface area contributed by atoms with Crippen LogP contribution in [-0.4, -0.2) is 26.9 Å². The third-order valence-corrected chi connectivity index (χ3v) is 6.81. The molecule has 0 saturated heterocycles. The number of hydrogen-bond donors (Lipinski definition) is 2. The minimum atomic E-state index is -0.149. The summed E-state index contributed by atoms with van der Waals surface area (Å²) in [5.41, 5.74) is 1.62. The number of H-pyrrole nitrogens is 1. The van der Waals surface area contributed by atoms with Crippen LogP contribution in [0, 0.1) is 13.8 Å². The van der Waals surface area contributed by atoms with Crippen molar-refractivity contribution >= 4 is 33.3 Å². The van der Waals surface area contributed by atoms with Crippen LogP contribution >= 0.6 is 11.3 Å². The van der Waals surface area contributed by atoms with E-state index in [-0.39, 0.29) is 17.6 Å². The molecule has 2 aromatic heterocycles. The molecule has 0 radical (unpaired) electrons. The molecule has 2 heterocycles. The molecule has 29 heavy (non-hydrogen) atoms. The van der Waals surface area contributed by atoms with Crippen molar-refractivity contribution in [1.29, 1.82) is 0 Å². The molecule has 7 heteroatoms. The molecule has 0 unspecified atom stereocenters. The Kier molecular flexibility index (Phi) is 5.67. The first-order chi connectivity index (χ1) is 14.0. The van der Waals surface area contributed by atoms with Gasteiger partial charge >= 0.3 is 6.03 Å². The van der Waals surface area contributed by atoms with Gasteiger partial charge in [-0.05, 0) is 44.4 Å². The van der Waals surface area contributed by atoms with Crippen molar-refractivity contribution in [3.63, 3.8) is 0 Å². The maximum absolute atomic E-state index is 13.1. The summed E-state index contributed by atoms with van der Waals surface area (Å²) < 4.78 is 0. The number of hydrogen-bond acceptors (Lipinski definition) is 4.